The van der Waals surface area contributed by atoms with Crippen LogP contribution in [0.1, 0.15) is 76.1 Å². The first-order valence-corrected chi connectivity index (χ1v) is 14.5. The van der Waals surface area contributed by atoms with E-state index in [2.05, 4.69) is 130 Å². The number of hydrogen-bond acceptors (Lipinski definition) is 2. The molecule has 2 nitrogen and oxygen atoms in total. The largest absolute Gasteiger partial charge is 0.457 e. The third-order valence-electron chi connectivity index (χ3n) is 8.83. The highest BCUT2D eigenvalue weighted by Gasteiger charge is 2.44. The van der Waals surface area contributed by atoms with Gasteiger partial charge in [-0.3, -0.25) is 0 Å². The van der Waals surface area contributed by atoms with Gasteiger partial charge < -0.3 is 9.47 Å². The van der Waals surface area contributed by atoms with Crippen LogP contribution < -0.4 is 9.47 Å². The van der Waals surface area contributed by atoms with Crippen molar-refractivity contribution >= 4 is 0 Å². The van der Waals surface area contributed by atoms with Gasteiger partial charge in [0.25, 0.3) is 0 Å². The van der Waals surface area contributed by atoms with Gasteiger partial charge in [-0.2, -0.15) is 0 Å². The monoisotopic (exact) mass is 522 g/mol. The lowest BCUT2D eigenvalue weighted by Gasteiger charge is -2.42. The van der Waals surface area contributed by atoms with Crippen LogP contribution in [0, 0.1) is 6.92 Å². The summed E-state index contributed by atoms with van der Waals surface area (Å²) in [6.07, 6.45) is 1.90. The summed E-state index contributed by atoms with van der Waals surface area (Å²) in [5.74, 6) is 4.19. The minimum atomic E-state index is 0.104. The van der Waals surface area contributed by atoms with Crippen molar-refractivity contribution in [2.45, 2.75) is 51.4 Å². The average molecular weight is 523 g/mol. The van der Waals surface area contributed by atoms with Crippen LogP contribution in [0.2, 0.25) is 0 Å². The van der Waals surface area contributed by atoms with Gasteiger partial charge in [0.15, 0.2) is 0 Å². The number of benzene rings is 5. The van der Waals surface area contributed by atoms with Gasteiger partial charge in [0, 0.05) is 40.0 Å². The van der Waals surface area contributed by atoms with Crippen molar-refractivity contribution in [2.24, 2.45) is 0 Å². The van der Waals surface area contributed by atoms with Gasteiger partial charge in [-0.05, 0) is 60.7 Å². The molecule has 0 amide bonds. The zero-order chi connectivity index (χ0) is 27.2. The molecule has 2 unspecified atom stereocenters. The summed E-state index contributed by atoms with van der Waals surface area (Å²) in [7, 11) is 0. The molecule has 0 N–H and O–H groups in total. The summed E-state index contributed by atoms with van der Waals surface area (Å²) >= 11 is 0. The Morgan fingerprint density at radius 3 is 1.45 bits per heavy atom. The number of hydrogen-bond donors (Lipinski definition) is 0. The van der Waals surface area contributed by atoms with Crippen molar-refractivity contribution < 1.29 is 9.47 Å². The Balaban J connectivity index is 1.58. The van der Waals surface area contributed by atoms with E-state index in [1.807, 2.05) is 0 Å². The molecule has 2 atom stereocenters. The Morgan fingerprint density at radius 1 is 0.525 bits per heavy atom. The second-order valence-corrected chi connectivity index (χ2v) is 11.0. The van der Waals surface area contributed by atoms with E-state index in [9.17, 15) is 0 Å². The summed E-state index contributed by atoms with van der Waals surface area (Å²) in [5.41, 5.74) is 10.4. The molecule has 7 rings (SSSR count). The minimum Gasteiger partial charge on any atom is -0.457 e. The van der Waals surface area contributed by atoms with Crippen LogP contribution in [0.5, 0.6) is 23.0 Å². The lowest BCUT2D eigenvalue weighted by Crippen LogP contribution is -2.27. The SMILES string of the molecule is CCc1cccc2c1C(C(c1ccc(C)cc1)C1c3ccccc3Oc3cccc(CC)c31)c1ccccc1O2. The number of fused-ring (bicyclic) bond motifs is 4. The van der Waals surface area contributed by atoms with Crippen molar-refractivity contribution in [1.82, 2.24) is 0 Å². The van der Waals surface area contributed by atoms with Gasteiger partial charge in [-0.1, -0.05) is 104 Å². The lowest BCUT2D eigenvalue weighted by atomic mass is 9.64. The van der Waals surface area contributed by atoms with E-state index in [1.54, 1.807) is 0 Å². The topological polar surface area (TPSA) is 18.5 Å². The van der Waals surface area contributed by atoms with Gasteiger partial charge in [0.2, 0.25) is 0 Å². The first-order valence-electron chi connectivity index (χ1n) is 14.5. The fourth-order valence-corrected chi connectivity index (χ4v) is 7.00. The maximum atomic E-state index is 6.60. The molecule has 0 saturated carbocycles. The van der Waals surface area contributed by atoms with E-state index in [4.69, 9.17) is 9.47 Å². The Labute approximate surface area is 237 Å². The first kappa shape index (κ1) is 24.7. The summed E-state index contributed by atoms with van der Waals surface area (Å²) in [6.45, 7) is 6.67. The van der Waals surface area contributed by atoms with Crippen LogP contribution in [0.3, 0.4) is 0 Å². The fourth-order valence-electron chi connectivity index (χ4n) is 7.00. The van der Waals surface area contributed by atoms with E-state index in [0.717, 1.165) is 35.8 Å². The number of aryl methyl sites for hydroxylation is 3. The normalized spacial score (nSPS) is 17.4. The molecule has 0 spiro atoms. The number of para-hydroxylation sites is 2. The molecule has 5 aromatic rings. The van der Waals surface area contributed by atoms with E-state index in [-0.39, 0.29) is 17.8 Å². The predicted molar refractivity (Wildman–Crippen MR) is 162 cm³/mol. The summed E-state index contributed by atoms with van der Waals surface area (Å²) in [5, 5.41) is 0. The standard InChI is InChI=1S/C38H34O2/c1-4-25-12-10-18-32-34(25)37(28-14-6-8-16-30(28)39-32)36(27-22-20-24(3)21-23-27)38-29-15-7-9-17-31(29)40-33-19-11-13-26(5-2)35(33)38/h6-23,36-38H,4-5H2,1-3H3. The van der Waals surface area contributed by atoms with Gasteiger partial charge in [0.1, 0.15) is 23.0 Å². The fraction of sp³-hybridized carbons (Fsp3) is 0.211. The van der Waals surface area contributed by atoms with Crippen molar-refractivity contribution in [2.75, 3.05) is 0 Å². The van der Waals surface area contributed by atoms with Crippen LogP contribution in [0.15, 0.2) is 109 Å². The van der Waals surface area contributed by atoms with E-state index < -0.39 is 0 Å². The Kier molecular flexibility index (Phi) is 6.20. The number of rotatable bonds is 5. The molecule has 2 heteroatoms. The molecule has 0 saturated heterocycles. The highest BCUT2D eigenvalue weighted by Crippen LogP contribution is 2.60. The van der Waals surface area contributed by atoms with E-state index in [0.29, 0.717) is 0 Å². The molecule has 2 aliphatic heterocycles. The molecule has 2 heterocycles. The summed E-state index contributed by atoms with van der Waals surface area (Å²) in [4.78, 5) is 0. The van der Waals surface area contributed by atoms with Crippen LogP contribution in [0.25, 0.3) is 0 Å². The zero-order valence-electron chi connectivity index (χ0n) is 23.4. The third-order valence-corrected chi connectivity index (χ3v) is 8.83. The van der Waals surface area contributed by atoms with Crippen molar-refractivity contribution in [1.29, 1.82) is 0 Å². The van der Waals surface area contributed by atoms with Gasteiger partial charge >= 0.3 is 0 Å². The molecule has 0 aromatic heterocycles. The quantitative estimate of drug-likeness (QED) is 0.229. The second-order valence-electron chi connectivity index (χ2n) is 11.0. The lowest BCUT2D eigenvalue weighted by molar-refractivity contribution is 0.394. The molecule has 0 fully saturated rings. The second kappa shape index (κ2) is 10.0. The molecular formula is C38H34O2. The van der Waals surface area contributed by atoms with E-state index >= 15 is 0 Å². The molecule has 2 aliphatic rings. The predicted octanol–water partition coefficient (Wildman–Crippen LogP) is 10.1. The van der Waals surface area contributed by atoms with E-state index in [1.165, 1.54) is 44.5 Å². The summed E-state index contributed by atoms with van der Waals surface area (Å²) < 4.78 is 13.2. The third kappa shape index (κ3) is 3.93. The highest BCUT2D eigenvalue weighted by atomic mass is 16.5. The van der Waals surface area contributed by atoms with Gasteiger partial charge in [-0.15, -0.1) is 0 Å². The molecular weight excluding hydrogens is 488 g/mol. The Hall–Kier alpha value is -4.30. The Morgan fingerprint density at radius 2 is 0.975 bits per heavy atom. The van der Waals surface area contributed by atoms with Crippen molar-refractivity contribution in [3.8, 4) is 23.0 Å². The Bertz CT molecular complexity index is 1590. The van der Waals surface area contributed by atoms with Crippen LogP contribution in [0.4, 0.5) is 0 Å². The van der Waals surface area contributed by atoms with Crippen LogP contribution >= 0.6 is 0 Å². The first-order chi connectivity index (χ1) is 19.7. The van der Waals surface area contributed by atoms with Gasteiger partial charge in [0.05, 0.1) is 0 Å². The highest BCUT2D eigenvalue weighted by molar-refractivity contribution is 5.63. The van der Waals surface area contributed by atoms with Crippen molar-refractivity contribution in [3.05, 3.63) is 154 Å². The molecule has 198 valence electrons. The van der Waals surface area contributed by atoms with Crippen LogP contribution in [-0.4, -0.2) is 0 Å². The minimum absolute atomic E-state index is 0.104. The molecule has 40 heavy (non-hydrogen) atoms. The number of ether oxygens (including phenoxy) is 2. The molecule has 0 aliphatic carbocycles. The average Bonchev–Trinajstić information content (AvgIpc) is 3.00. The van der Waals surface area contributed by atoms with Gasteiger partial charge in [-0.25, -0.2) is 0 Å². The maximum Gasteiger partial charge on any atom is 0.131 e. The summed E-state index contributed by atoms with van der Waals surface area (Å²) in [6, 6.07) is 39.6. The molecule has 5 aromatic carbocycles. The van der Waals surface area contributed by atoms with Crippen LogP contribution in [-0.2, 0) is 12.8 Å². The molecule has 0 radical (unpaired) electrons. The zero-order valence-corrected chi connectivity index (χ0v) is 23.4. The van der Waals surface area contributed by atoms with Crippen molar-refractivity contribution in [3.63, 3.8) is 0 Å². The molecule has 0 bridgehead atoms. The maximum absolute atomic E-state index is 6.60. The smallest absolute Gasteiger partial charge is 0.131 e.